The highest BCUT2D eigenvalue weighted by Crippen LogP contribution is 2.17. The van der Waals surface area contributed by atoms with Crippen molar-refractivity contribution >= 4 is 27.5 Å². The van der Waals surface area contributed by atoms with Crippen LogP contribution in [-0.4, -0.2) is 26.7 Å². The minimum atomic E-state index is -3.73. The lowest BCUT2D eigenvalue weighted by Crippen LogP contribution is -2.30. The van der Waals surface area contributed by atoms with Crippen LogP contribution < -0.4 is 10.0 Å². The monoisotopic (exact) mass is 399 g/mol. The molecule has 0 radical (unpaired) electrons. The summed E-state index contributed by atoms with van der Waals surface area (Å²) in [5.41, 5.74) is 2.48. The van der Waals surface area contributed by atoms with Crippen LogP contribution in [0.4, 0.5) is 5.69 Å². The number of carbonyl (C=O) groups excluding carboxylic acids is 1. The Labute approximate surface area is 166 Å². The Kier molecular flexibility index (Phi) is 6.46. The quantitative estimate of drug-likeness (QED) is 0.807. The van der Waals surface area contributed by atoms with Crippen molar-refractivity contribution in [3.63, 3.8) is 0 Å². The number of sulfonamides is 1. The number of rotatable bonds is 5. The van der Waals surface area contributed by atoms with Crippen molar-refractivity contribution in [2.45, 2.75) is 43.9 Å². The molecule has 28 heavy (non-hydrogen) atoms. The molecular formula is C21H25N3O3S. The Hall–Kier alpha value is -2.67. The largest absolute Gasteiger partial charge is 0.326 e. The van der Waals surface area contributed by atoms with Gasteiger partial charge in [0.25, 0.3) is 10.0 Å². The smallest absolute Gasteiger partial charge is 0.262 e. The van der Waals surface area contributed by atoms with Gasteiger partial charge in [0.1, 0.15) is 5.84 Å². The molecule has 7 heteroatoms. The summed E-state index contributed by atoms with van der Waals surface area (Å²) in [6, 6.07) is 14.0. The molecule has 1 aliphatic heterocycles. The summed E-state index contributed by atoms with van der Waals surface area (Å²) in [6.07, 6.45) is 3.82. The fourth-order valence-electron chi connectivity index (χ4n) is 3.01. The fraction of sp³-hybridized carbons (Fsp3) is 0.333. The number of nitrogens with zero attached hydrogens (tertiary/aromatic N) is 1. The summed E-state index contributed by atoms with van der Waals surface area (Å²) in [5, 5.41) is 2.77. The van der Waals surface area contributed by atoms with Crippen LogP contribution in [0.3, 0.4) is 0 Å². The van der Waals surface area contributed by atoms with E-state index in [1.807, 2.05) is 31.2 Å². The van der Waals surface area contributed by atoms with Gasteiger partial charge >= 0.3 is 0 Å². The van der Waals surface area contributed by atoms with Crippen molar-refractivity contribution in [1.29, 1.82) is 0 Å². The average Bonchev–Trinajstić information content (AvgIpc) is 2.92. The Morgan fingerprint density at radius 2 is 1.86 bits per heavy atom. The third-order valence-electron chi connectivity index (χ3n) is 4.54. The van der Waals surface area contributed by atoms with E-state index in [2.05, 4.69) is 15.0 Å². The Balaban J connectivity index is 1.67. The normalized spacial score (nSPS) is 14.7. The molecule has 1 amide bonds. The third kappa shape index (κ3) is 5.66. The van der Waals surface area contributed by atoms with Crippen LogP contribution in [0, 0.1) is 6.92 Å². The van der Waals surface area contributed by atoms with Gasteiger partial charge in [-0.15, -0.1) is 0 Å². The topological polar surface area (TPSA) is 87.6 Å². The number of hydrogen-bond acceptors (Lipinski definition) is 4. The van der Waals surface area contributed by atoms with E-state index in [1.54, 1.807) is 12.1 Å². The minimum Gasteiger partial charge on any atom is -0.326 e. The molecule has 2 aromatic rings. The zero-order valence-corrected chi connectivity index (χ0v) is 16.8. The molecule has 0 aliphatic carbocycles. The van der Waals surface area contributed by atoms with Gasteiger partial charge in [-0.2, -0.15) is 0 Å². The zero-order valence-electron chi connectivity index (χ0n) is 15.9. The highest BCUT2D eigenvalue weighted by Gasteiger charge is 2.18. The Morgan fingerprint density at radius 1 is 1.07 bits per heavy atom. The number of carbonyl (C=O) groups is 1. The summed E-state index contributed by atoms with van der Waals surface area (Å²) < 4.78 is 27.9. The van der Waals surface area contributed by atoms with Gasteiger partial charge in [-0.25, -0.2) is 8.42 Å². The number of hydrogen-bond donors (Lipinski definition) is 2. The highest BCUT2D eigenvalue weighted by atomic mass is 32.2. The molecule has 2 N–H and O–H groups in total. The molecule has 1 heterocycles. The molecule has 0 atom stereocenters. The van der Waals surface area contributed by atoms with Gasteiger partial charge in [-0.05, 0) is 43.5 Å². The molecule has 1 aliphatic rings. The first kappa shape index (κ1) is 20.1. The van der Waals surface area contributed by atoms with Crippen LogP contribution in [0.1, 0.15) is 36.8 Å². The minimum absolute atomic E-state index is 0.104. The molecule has 0 saturated carbocycles. The first-order valence-corrected chi connectivity index (χ1v) is 10.9. The van der Waals surface area contributed by atoms with E-state index in [9.17, 15) is 13.2 Å². The lowest BCUT2D eigenvalue weighted by atomic mass is 10.1. The van der Waals surface area contributed by atoms with Crippen LogP contribution in [0.5, 0.6) is 0 Å². The summed E-state index contributed by atoms with van der Waals surface area (Å²) in [6.45, 7) is 2.64. The summed E-state index contributed by atoms with van der Waals surface area (Å²) in [4.78, 5) is 16.7. The van der Waals surface area contributed by atoms with Crippen LogP contribution in [0.2, 0.25) is 0 Å². The molecule has 148 valence electrons. The van der Waals surface area contributed by atoms with Gasteiger partial charge in [0.05, 0.1) is 11.3 Å². The average molecular weight is 400 g/mol. The second kappa shape index (κ2) is 9.01. The van der Waals surface area contributed by atoms with Crippen molar-refractivity contribution in [1.82, 2.24) is 4.72 Å². The van der Waals surface area contributed by atoms with Gasteiger partial charge in [0.15, 0.2) is 0 Å². The second-order valence-corrected chi connectivity index (χ2v) is 8.67. The van der Waals surface area contributed by atoms with Crippen LogP contribution >= 0.6 is 0 Å². The maximum Gasteiger partial charge on any atom is 0.262 e. The van der Waals surface area contributed by atoms with Crippen molar-refractivity contribution in [2.24, 2.45) is 4.99 Å². The molecule has 0 spiro atoms. The van der Waals surface area contributed by atoms with E-state index in [4.69, 9.17) is 0 Å². The van der Waals surface area contributed by atoms with E-state index in [0.717, 1.165) is 30.4 Å². The first-order chi connectivity index (χ1) is 13.4. The van der Waals surface area contributed by atoms with Gasteiger partial charge in [-0.1, -0.05) is 42.3 Å². The number of amides is 1. The van der Waals surface area contributed by atoms with Crippen molar-refractivity contribution in [2.75, 3.05) is 11.9 Å². The zero-order chi connectivity index (χ0) is 20.0. The highest BCUT2D eigenvalue weighted by molar-refractivity contribution is 7.90. The predicted molar refractivity (Wildman–Crippen MR) is 111 cm³/mol. The van der Waals surface area contributed by atoms with E-state index in [0.29, 0.717) is 24.5 Å². The maximum atomic E-state index is 12.7. The van der Waals surface area contributed by atoms with Crippen LogP contribution in [-0.2, 0) is 21.2 Å². The van der Waals surface area contributed by atoms with Gasteiger partial charge in [0.2, 0.25) is 5.91 Å². The number of aliphatic imine (C=N–C) groups is 1. The van der Waals surface area contributed by atoms with Crippen molar-refractivity contribution < 1.29 is 13.2 Å². The number of amidine groups is 1. The lowest BCUT2D eigenvalue weighted by molar-refractivity contribution is -0.115. The maximum absolute atomic E-state index is 12.7. The number of aryl methyl sites for hydroxylation is 1. The van der Waals surface area contributed by atoms with E-state index in [-0.39, 0.29) is 17.2 Å². The number of nitrogens with one attached hydrogen (secondary N) is 2. The Bertz CT molecular complexity index is 967. The molecule has 0 saturated heterocycles. The SMILES string of the molecule is Cc1ccc(CC(=O)Nc2cccc(S(=O)(=O)NC3=NCCCCC3)c2)cc1. The number of anilines is 1. The van der Waals surface area contributed by atoms with Crippen LogP contribution in [0.15, 0.2) is 58.4 Å². The Morgan fingerprint density at radius 3 is 2.64 bits per heavy atom. The third-order valence-corrected chi connectivity index (χ3v) is 5.92. The number of benzene rings is 2. The molecule has 0 unspecified atom stereocenters. The second-order valence-electron chi connectivity index (χ2n) is 6.98. The molecule has 0 aromatic heterocycles. The molecule has 6 nitrogen and oxygen atoms in total. The molecule has 0 fully saturated rings. The van der Waals surface area contributed by atoms with Crippen LogP contribution in [0.25, 0.3) is 0 Å². The molecule has 3 rings (SSSR count). The first-order valence-electron chi connectivity index (χ1n) is 9.44. The van der Waals surface area contributed by atoms with Gasteiger partial charge in [0, 0.05) is 18.7 Å². The lowest BCUT2D eigenvalue weighted by Gasteiger charge is -2.11. The predicted octanol–water partition coefficient (Wildman–Crippen LogP) is 3.43. The van der Waals surface area contributed by atoms with E-state index < -0.39 is 10.0 Å². The fourth-order valence-corrected chi connectivity index (χ4v) is 4.14. The molecule has 0 bridgehead atoms. The van der Waals surface area contributed by atoms with Gasteiger partial charge < -0.3 is 5.32 Å². The summed E-state index contributed by atoms with van der Waals surface area (Å²) >= 11 is 0. The van der Waals surface area contributed by atoms with Crippen molar-refractivity contribution in [3.8, 4) is 0 Å². The summed E-state index contributed by atoms with van der Waals surface area (Å²) in [7, 11) is -3.73. The van der Waals surface area contributed by atoms with E-state index >= 15 is 0 Å². The van der Waals surface area contributed by atoms with E-state index in [1.165, 1.54) is 12.1 Å². The van der Waals surface area contributed by atoms with Crippen molar-refractivity contribution in [3.05, 3.63) is 59.7 Å². The van der Waals surface area contributed by atoms with Gasteiger partial charge in [-0.3, -0.25) is 14.5 Å². The standard InChI is InChI=1S/C21H25N3O3S/c1-16-9-11-17(12-10-16)14-21(25)23-18-6-5-7-19(15-18)28(26,27)24-20-8-3-2-4-13-22-20/h5-7,9-12,15H,2-4,8,13-14H2,1H3,(H,22,24)(H,23,25). The molecular weight excluding hydrogens is 374 g/mol. The molecule has 2 aromatic carbocycles. The summed E-state index contributed by atoms with van der Waals surface area (Å²) in [5.74, 6) is 0.311.